The van der Waals surface area contributed by atoms with Gasteiger partial charge in [-0.3, -0.25) is 4.79 Å². The van der Waals surface area contributed by atoms with E-state index in [1.165, 1.54) is 5.56 Å². The Morgan fingerprint density at radius 3 is 2.34 bits per heavy atom. The largest absolute Gasteiger partial charge is 0.495 e. The molecule has 2 bridgehead atoms. The van der Waals surface area contributed by atoms with Crippen molar-refractivity contribution in [3.63, 3.8) is 0 Å². The molecule has 0 radical (unpaired) electrons. The average Bonchev–Trinajstić information content (AvgIpc) is 2.89. The molecule has 2 N–H and O–H groups in total. The predicted molar refractivity (Wildman–Crippen MR) is 137 cm³/mol. The summed E-state index contributed by atoms with van der Waals surface area (Å²) in [6.07, 6.45) is 0. The van der Waals surface area contributed by atoms with Gasteiger partial charge in [-0.25, -0.2) is 4.79 Å². The van der Waals surface area contributed by atoms with Gasteiger partial charge in [-0.05, 0) is 41.0 Å². The molecule has 3 saturated heterocycles. The van der Waals surface area contributed by atoms with Gasteiger partial charge >= 0.3 is 6.03 Å². The maximum absolute atomic E-state index is 12.9. The van der Waals surface area contributed by atoms with Gasteiger partial charge in [0.2, 0.25) is 0 Å². The van der Waals surface area contributed by atoms with E-state index in [0.717, 1.165) is 11.1 Å². The third kappa shape index (κ3) is 4.47. The molecule has 3 fully saturated rings. The van der Waals surface area contributed by atoms with Crippen molar-refractivity contribution in [2.75, 3.05) is 39.6 Å². The number of para-hydroxylation sites is 2. The molecule has 0 aliphatic carbocycles. The van der Waals surface area contributed by atoms with Gasteiger partial charge in [0.25, 0.3) is 5.91 Å². The maximum Gasteiger partial charge on any atom is 0.322 e. The number of fused-ring (bicyclic) bond motifs is 2. The summed E-state index contributed by atoms with van der Waals surface area (Å²) in [4.78, 5) is 28.6. The van der Waals surface area contributed by atoms with E-state index < -0.39 is 0 Å². The third-order valence-electron chi connectivity index (χ3n) is 6.91. The summed E-state index contributed by atoms with van der Waals surface area (Å²) in [5.74, 6) is 1.02. The van der Waals surface area contributed by atoms with Gasteiger partial charge in [-0.15, -0.1) is 0 Å². The Bertz CT molecular complexity index is 1230. The lowest BCUT2D eigenvalue weighted by molar-refractivity contribution is 0.0759. The van der Waals surface area contributed by atoms with Crippen LogP contribution in [-0.4, -0.2) is 68.1 Å². The first-order chi connectivity index (χ1) is 16.9. The van der Waals surface area contributed by atoms with Gasteiger partial charge in [0.05, 0.1) is 12.8 Å². The number of amides is 3. The molecular formula is C28H30N4O3. The molecule has 180 valence electrons. The Morgan fingerprint density at radius 1 is 0.943 bits per heavy atom. The molecule has 7 nitrogen and oxygen atoms in total. The second-order valence-electron chi connectivity index (χ2n) is 9.34. The van der Waals surface area contributed by atoms with Gasteiger partial charge in [0, 0.05) is 50.7 Å². The summed E-state index contributed by atoms with van der Waals surface area (Å²) in [7, 11) is 5.12. The molecule has 35 heavy (non-hydrogen) atoms. The van der Waals surface area contributed by atoms with Crippen molar-refractivity contribution < 1.29 is 14.3 Å². The van der Waals surface area contributed by atoms with Crippen molar-refractivity contribution >= 4 is 17.6 Å². The van der Waals surface area contributed by atoms with E-state index >= 15 is 0 Å². The van der Waals surface area contributed by atoms with E-state index in [-0.39, 0.29) is 24.0 Å². The van der Waals surface area contributed by atoms with Crippen LogP contribution in [0.4, 0.5) is 10.5 Å². The molecule has 3 heterocycles. The van der Waals surface area contributed by atoms with E-state index in [1.807, 2.05) is 53.4 Å². The van der Waals surface area contributed by atoms with E-state index in [9.17, 15) is 9.59 Å². The van der Waals surface area contributed by atoms with E-state index in [0.29, 0.717) is 36.0 Å². The van der Waals surface area contributed by atoms with Gasteiger partial charge in [-0.2, -0.15) is 0 Å². The molecule has 1 unspecified atom stereocenters. The number of anilines is 1. The first-order valence-electron chi connectivity index (χ1n) is 11.8. The molecule has 0 saturated carbocycles. The number of rotatable bonds is 5. The number of hydrogen-bond acceptors (Lipinski definition) is 4. The number of ether oxygens (including phenoxy) is 1. The summed E-state index contributed by atoms with van der Waals surface area (Å²) < 4.78 is 5.34. The monoisotopic (exact) mass is 470 g/mol. The molecule has 0 spiro atoms. The van der Waals surface area contributed by atoms with Gasteiger partial charge in [-0.1, -0.05) is 48.5 Å². The van der Waals surface area contributed by atoms with Crippen LogP contribution in [0.2, 0.25) is 0 Å². The van der Waals surface area contributed by atoms with Crippen LogP contribution in [0.3, 0.4) is 0 Å². The molecule has 3 aliphatic rings. The molecule has 6 rings (SSSR count). The Labute approximate surface area is 205 Å². The molecular weight excluding hydrogens is 440 g/mol. The topological polar surface area (TPSA) is 73.9 Å². The number of piperazine rings is 1. The Kier molecular flexibility index (Phi) is 6.17. The number of piperidine rings is 1. The van der Waals surface area contributed by atoms with Crippen molar-refractivity contribution in [3.8, 4) is 16.9 Å². The first-order valence-corrected chi connectivity index (χ1v) is 11.8. The fraction of sp³-hybridized carbons (Fsp3) is 0.286. The van der Waals surface area contributed by atoms with Crippen LogP contribution in [0.25, 0.3) is 11.1 Å². The summed E-state index contributed by atoms with van der Waals surface area (Å²) in [5, 5.41) is 6.57. The molecule has 7 heteroatoms. The Balaban J connectivity index is 1.24. The minimum absolute atomic E-state index is 0.00358. The quantitative estimate of drug-likeness (QED) is 0.590. The first kappa shape index (κ1) is 22.9. The highest BCUT2D eigenvalue weighted by molar-refractivity contribution is 5.95. The zero-order valence-electron chi connectivity index (χ0n) is 20.2. The number of hydrogen-bond donors (Lipinski definition) is 2. The highest BCUT2D eigenvalue weighted by Gasteiger charge is 2.48. The molecule has 3 amide bonds. The smallest absolute Gasteiger partial charge is 0.322 e. The predicted octanol–water partition coefficient (Wildman–Crippen LogP) is 4.04. The van der Waals surface area contributed by atoms with Crippen molar-refractivity contribution in [3.05, 3.63) is 83.9 Å². The van der Waals surface area contributed by atoms with Crippen molar-refractivity contribution in [1.29, 1.82) is 0 Å². The summed E-state index contributed by atoms with van der Waals surface area (Å²) in [5.41, 5.74) is 4.73. The summed E-state index contributed by atoms with van der Waals surface area (Å²) in [6, 6.07) is 24.1. The minimum atomic E-state index is -0.105. The van der Waals surface area contributed by atoms with Crippen LogP contribution >= 0.6 is 0 Å². The zero-order chi connectivity index (χ0) is 24.5. The number of nitrogens with one attached hydrogen (secondary N) is 2. The maximum atomic E-state index is 12.9. The number of benzene rings is 3. The second-order valence-corrected chi connectivity index (χ2v) is 9.34. The lowest BCUT2D eigenvalue weighted by Gasteiger charge is -2.54. The minimum Gasteiger partial charge on any atom is -0.495 e. The molecule has 3 aliphatic heterocycles. The average molecular weight is 471 g/mol. The molecule has 0 aromatic heterocycles. The van der Waals surface area contributed by atoms with Crippen LogP contribution in [-0.2, 0) is 0 Å². The number of carbonyl (C=O) groups excluding carboxylic acids is 2. The number of methoxy groups -OCH3 is 1. The molecule has 3 aromatic carbocycles. The fourth-order valence-corrected chi connectivity index (χ4v) is 5.09. The van der Waals surface area contributed by atoms with Crippen molar-refractivity contribution in [2.45, 2.75) is 18.0 Å². The number of nitrogens with zero attached hydrogens (tertiary/aromatic N) is 2. The fourth-order valence-electron chi connectivity index (χ4n) is 5.09. The highest BCUT2D eigenvalue weighted by Crippen LogP contribution is 2.38. The number of carbonyl (C=O) groups is 2. The summed E-state index contributed by atoms with van der Waals surface area (Å²) in [6.45, 7) is 1.30. The van der Waals surface area contributed by atoms with Gasteiger partial charge in [0.1, 0.15) is 5.75 Å². The Hall–Kier alpha value is -3.84. The van der Waals surface area contributed by atoms with Gasteiger partial charge in [0.15, 0.2) is 0 Å². The lowest BCUT2D eigenvalue weighted by atomic mass is 9.74. The van der Waals surface area contributed by atoms with Crippen LogP contribution in [0.15, 0.2) is 72.8 Å². The SMILES string of the molecule is COc1ccccc1NC(=O)N1C[C@@H]2N[C@H](C1)C2c1ccc(-c2cccc(C(=O)N(C)C)c2)cc1. The standard InChI is InChI=1S/C28H30N4O3/c1-31(2)27(33)21-8-6-7-20(15-21)18-11-13-19(14-12-18)26-23-16-32(17-24(26)29-23)28(34)30-22-9-4-5-10-25(22)35-3/h4-15,23-24,26,29H,16-17H2,1-3H3,(H,30,34)/t23-,24+,26?. The normalized spacial score (nSPS) is 20.5. The van der Waals surface area contributed by atoms with Crippen molar-refractivity contribution in [2.24, 2.45) is 0 Å². The number of urea groups is 1. The van der Waals surface area contributed by atoms with Crippen LogP contribution in [0.5, 0.6) is 5.75 Å². The summed E-state index contributed by atoms with van der Waals surface area (Å²) >= 11 is 0. The van der Waals surface area contributed by atoms with Gasteiger partial charge < -0.3 is 25.2 Å². The van der Waals surface area contributed by atoms with E-state index in [1.54, 1.807) is 26.1 Å². The van der Waals surface area contributed by atoms with E-state index in [4.69, 9.17) is 4.74 Å². The second kappa shape index (κ2) is 9.43. The molecule has 3 aromatic rings. The zero-order valence-corrected chi connectivity index (χ0v) is 20.2. The Morgan fingerprint density at radius 2 is 1.66 bits per heavy atom. The van der Waals surface area contributed by atoms with Crippen molar-refractivity contribution in [1.82, 2.24) is 15.1 Å². The molecule has 3 atom stereocenters. The van der Waals surface area contributed by atoms with E-state index in [2.05, 4.69) is 34.9 Å². The highest BCUT2D eigenvalue weighted by atomic mass is 16.5. The van der Waals surface area contributed by atoms with Crippen LogP contribution < -0.4 is 15.4 Å². The van der Waals surface area contributed by atoms with Crippen LogP contribution in [0.1, 0.15) is 21.8 Å². The third-order valence-corrected chi connectivity index (χ3v) is 6.91. The van der Waals surface area contributed by atoms with Crippen LogP contribution in [0, 0.1) is 0 Å². The lowest BCUT2D eigenvalue weighted by Crippen LogP contribution is -2.72.